The predicted molar refractivity (Wildman–Crippen MR) is 76.6 cm³/mol. The zero-order chi connectivity index (χ0) is 15.1. The van der Waals surface area contributed by atoms with Crippen molar-refractivity contribution in [3.05, 3.63) is 63.2 Å². The average molecular weight is 284 g/mol. The Bertz CT molecular complexity index is 873. The molecule has 106 valence electrons. The van der Waals surface area contributed by atoms with E-state index in [-0.39, 0.29) is 17.0 Å². The molecule has 0 aliphatic carbocycles. The fourth-order valence-electron chi connectivity index (χ4n) is 2.50. The van der Waals surface area contributed by atoms with Gasteiger partial charge in [-0.2, -0.15) is 0 Å². The maximum absolute atomic E-state index is 12.6. The van der Waals surface area contributed by atoms with Crippen LogP contribution in [0.4, 0.5) is 5.69 Å². The van der Waals surface area contributed by atoms with Crippen LogP contribution in [-0.4, -0.2) is 15.7 Å². The first-order chi connectivity index (χ1) is 9.99. The van der Waals surface area contributed by atoms with E-state index in [1.54, 1.807) is 32.0 Å². The SMILES string of the molecule is Cc1cc(C(=O)c2c[nH]c3cccc([N+](=O)[O-])c23)c(C)o1. The Hall–Kier alpha value is -2.89. The van der Waals surface area contributed by atoms with E-state index in [1.165, 1.54) is 12.3 Å². The third-order valence-electron chi connectivity index (χ3n) is 3.41. The normalized spacial score (nSPS) is 11.0. The van der Waals surface area contributed by atoms with Gasteiger partial charge in [0.25, 0.3) is 5.69 Å². The number of carbonyl (C=O) groups excluding carboxylic acids is 1. The highest BCUT2D eigenvalue weighted by molar-refractivity contribution is 6.18. The number of fused-ring (bicyclic) bond motifs is 1. The van der Waals surface area contributed by atoms with Crippen molar-refractivity contribution in [1.29, 1.82) is 0 Å². The molecule has 1 aromatic carbocycles. The highest BCUT2D eigenvalue weighted by Gasteiger charge is 2.24. The molecule has 0 saturated carbocycles. The highest BCUT2D eigenvalue weighted by Crippen LogP contribution is 2.30. The van der Waals surface area contributed by atoms with Gasteiger partial charge < -0.3 is 9.40 Å². The summed E-state index contributed by atoms with van der Waals surface area (Å²) in [6, 6.07) is 6.32. The number of aromatic amines is 1. The van der Waals surface area contributed by atoms with Crippen LogP contribution in [0.25, 0.3) is 10.9 Å². The van der Waals surface area contributed by atoms with Gasteiger partial charge in [-0.3, -0.25) is 14.9 Å². The van der Waals surface area contributed by atoms with Crippen LogP contribution in [0.3, 0.4) is 0 Å². The average Bonchev–Trinajstić information content (AvgIpc) is 3.00. The van der Waals surface area contributed by atoms with E-state index in [0.717, 1.165) is 0 Å². The monoisotopic (exact) mass is 284 g/mol. The zero-order valence-electron chi connectivity index (χ0n) is 11.5. The number of H-pyrrole nitrogens is 1. The molecule has 0 spiro atoms. The lowest BCUT2D eigenvalue weighted by molar-refractivity contribution is -0.383. The molecule has 0 radical (unpaired) electrons. The standard InChI is InChI=1S/C15H12N2O4/c1-8-6-10(9(2)21-8)15(18)11-7-16-12-4-3-5-13(14(11)12)17(19)20/h3-7,16H,1-2H3. The lowest BCUT2D eigenvalue weighted by Gasteiger charge is -1.99. The van der Waals surface area contributed by atoms with Gasteiger partial charge >= 0.3 is 0 Å². The Morgan fingerprint density at radius 2 is 2.05 bits per heavy atom. The van der Waals surface area contributed by atoms with E-state index >= 15 is 0 Å². The summed E-state index contributed by atoms with van der Waals surface area (Å²) in [6.45, 7) is 3.45. The van der Waals surface area contributed by atoms with Crippen molar-refractivity contribution in [2.75, 3.05) is 0 Å². The molecule has 6 heteroatoms. The fraction of sp³-hybridized carbons (Fsp3) is 0.133. The molecule has 2 heterocycles. The largest absolute Gasteiger partial charge is 0.466 e. The molecule has 0 atom stereocenters. The Kier molecular flexibility index (Phi) is 2.86. The number of nitro groups is 1. The number of nitrogens with one attached hydrogen (secondary N) is 1. The van der Waals surface area contributed by atoms with Gasteiger partial charge in [0, 0.05) is 12.3 Å². The Morgan fingerprint density at radius 1 is 1.29 bits per heavy atom. The number of hydrogen-bond donors (Lipinski definition) is 1. The third-order valence-corrected chi connectivity index (χ3v) is 3.41. The van der Waals surface area contributed by atoms with Gasteiger partial charge in [0.15, 0.2) is 5.78 Å². The van der Waals surface area contributed by atoms with Crippen LogP contribution in [0.5, 0.6) is 0 Å². The molecular weight excluding hydrogens is 272 g/mol. The van der Waals surface area contributed by atoms with Crippen molar-refractivity contribution in [1.82, 2.24) is 4.98 Å². The molecule has 0 aliphatic heterocycles. The van der Waals surface area contributed by atoms with Crippen molar-refractivity contribution in [2.24, 2.45) is 0 Å². The van der Waals surface area contributed by atoms with Gasteiger partial charge in [0.2, 0.25) is 0 Å². The first-order valence-corrected chi connectivity index (χ1v) is 6.35. The molecule has 2 aromatic heterocycles. The number of benzene rings is 1. The summed E-state index contributed by atoms with van der Waals surface area (Å²) in [5.74, 6) is 0.848. The van der Waals surface area contributed by atoms with Gasteiger partial charge in [-0.1, -0.05) is 6.07 Å². The van der Waals surface area contributed by atoms with E-state index in [4.69, 9.17) is 4.42 Å². The molecule has 0 fully saturated rings. The van der Waals surface area contributed by atoms with Crippen molar-refractivity contribution in [3.8, 4) is 0 Å². The zero-order valence-corrected chi connectivity index (χ0v) is 11.5. The summed E-state index contributed by atoms with van der Waals surface area (Å²) in [5, 5.41) is 11.5. The lowest BCUT2D eigenvalue weighted by Crippen LogP contribution is -2.01. The number of aryl methyl sites for hydroxylation is 2. The van der Waals surface area contributed by atoms with Gasteiger partial charge in [-0.05, 0) is 26.0 Å². The summed E-state index contributed by atoms with van der Waals surface area (Å²) in [4.78, 5) is 26.2. The molecule has 0 aliphatic rings. The third kappa shape index (κ3) is 2.01. The predicted octanol–water partition coefficient (Wildman–Crippen LogP) is 3.52. The first kappa shape index (κ1) is 13.1. The Morgan fingerprint density at radius 3 is 2.67 bits per heavy atom. The summed E-state index contributed by atoms with van der Waals surface area (Å²) in [6.07, 6.45) is 1.50. The quantitative estimate of drug-likeness (QED) is 0.452. The van der Waals surface area contributed by atoms with Crippen LogP contribution in [0.1, 0.15) is 27.4 Å². The van der Waals surface area contributed by atoms with E-state index in [0.29, 0.717) is 28.0 Å². The highest BCUT2D eigenvalue weighted by atomic mass is 16.6. The van der Waals surface area contributed by atoms with Crippen LogP contribution >= 0.6 is 0 Å². The molecular formula is C15H12N2O4. The van der Waals surface area contributed by atoms with Crippen LogP contribution in [0.2, 0.25) is 0 Å². The number of aromatic nitrogens is 1. The summed E-state index contributed by atoms with van der Waals surface area (Å²) in [5.41, 5.74) is 1.17. The van der Waals surface area contributed by atoms with Crippen molar-refractivity contribution >= 4 is 22.4 Å². The number of furan rings is 1. The molecule has 0 amide bonds. The Balaban J connectivity index is 2.23. The lowest BCUT2D eigenvalue weighted by atomic mass is 10.0. The Labute approximate surface area is 119 Å². The molecule has 6 nitrogen and oxygen atoms in total. The van der Waals surface area contributed by atoms with Gasteiger partial charge in [-0.25, -0.2) is 0 Å². The van der Waals surface area contributed by atoms with E-state index < -0.39 is 4.92 Å². The molecule has 0 unspecified atom stereocenters. The first-order valence-electron chi connectivity index (χ1n) is 6.35. The van der Waals surface area contributed by atoms with Gasteiger partial charge in [0.1, 0.15) is 11.5 Å². The van der Waals surface area contributed by atoms with Gasteiger partial charge in [-0.15, -0.1) is 0 Å². The van der Waals surface area contributed by atoms with Crippen molar-refractivity contribution in [2.45, 2.75) is 13.8 Å². The van der Waals surface area contributed by atoms with Crippen LogP contribution in [-0.2, 0) is 0 Å². The summed E-state index contributed by atoms with van der Waals surface area (Å²) < 4.78 is 5.36. The minimum atomic E-state index is -0.486. The molecule has 1 N–H and O–H groups in total. The number of ketones is 1. The molecule has 3 aromatic rings. The maximum atomic E-state index is 12.6. The second-order valence-electron chi connectivity index (χ2n) is 4.82. The van der Waals surface area contributed by atoms with Crippen molar-refractivity contribution in [3.63, 3.8) is 0 Å². The molecule has 0 saturated heterocycles. The minimum Gasteiger partial charge on any atom is -0.466 e. The molecule has 21 heavy (non-hydrogen) atoms. The fourth-order valence-corrected chi connectivity index (χ4v) is 2.50. The number of rotatable bonds is 3. The minimum absolute atomic E-state index is 0.0880. The number of non-ortho nitro benzene ring substituents is 1. The molecule has 0 bridgehead atoms. The second-order valence-corrected chi connectivity index (χ2v) is 4.82. The second kappa shape index (κ2) is 4.59. The topological polar surface area (TPSA) is 89.1 Å². The van der Waals surface area contributed by atoms with Crippen molar-refractivity contribution < 1.29 is 14.1 Å². The van der Waals surface area contributed by atoms with E-state index in [1.807, 2.05) is 0 Å². The molecule has 3 rings (SSSR count). The van der Waals surface area contributed by atoms with E-state index in [9.17, 15) is 14.9 Å². The van der Waals surface area contributed by atoms with Crippen LogP contribution in [0, 0.1) is 24.0 Å². The van der Waals surface area contributed by atoms with Crippen LogP contribution in [0.15, 0.2) is 34.9 Å². The summed E-state index contributed by atoms with van der Waals surface area (Å²) in [7, 11) is 0. The number of nitro benzene ring substituents is 1. The number of nitrogens with zero attached hydrogens (tertiary/aromatic N) is 1. The number of carbonyl (C=O) groups is 1. The summed E-state index contributed by atoms with van der Waals surface area (Å²) >= 11 is 0. The smallest absolute Gasteiger partial charge is 0.279 e. The van der Waals surface area contributed by atoms with E-state index in [2.05, 4.69) is 4.98 Å². The maximum Gasteiger partial charge on any atom is 0.279 e. The number of hydrogen-bond acceptors (Lipinski definition) is 4. The van der Waals surface area contributed by atoms with Crippen LogP contribution < -0.4 is 0 Å². The van der Waals surface area contributed by atoms with Gasteiger partial charge in [0.05, 0.1) is 27.0 Å².